The van der Waals surface area contributed by atoms with Gasteiger partial charge in [-0.05, 0) is 36.1 Å². The Balaban J connectivity index is 1.91. The molecule has 2 aromatic rings. The first kappa shape index (κ1) is 11.9. The van der Waals surface area contributed by atoms with Crippen LogP contribution in [0.15, 0.2) is 36.5 Å². The van der Waals surface area contributed by atoms with Crippen LogP contribution in [0.4, 0.5) is 5.82 Å². The maximum Gasteiger partial charge on any atom is 0.151 e. The van der Waals surface area contributed by atoms with Gasteiger partial charge < -0.3 is 4.90 Å². The molecule has 0 radical (unpaired) electrons. The van der Waals surface area contributed by atoms with Gasteiger partial charge in [0.2, 0.25) is 0 Å². The normalized spacial score (nSPS) is 14.1. The Morgan fingerprint density at radius 1 is 1.26 bits per heavy atom. The van der Waals surface area contributed by atoms with Gasteiger partial charge in [0.05, 0.1) is 0 Å². The Morgan fingerprint density at radius 2 is 2.05 bits per heavy atom. The Bertz CT molecular complexity index is 622. The molecule has 1 aromatic heterocycles. The Kier molecular flexibility index (Phi) is 3.03. The van der Waals surface area contributed by atoms with Gasteiger partial charge in [-0.25, -0.2) is 4.98 Å². The summed E-state index contributed by atoms with van der Waals surface area (Å²) in [5, 5.41) is 0. The highest BCUT2D eigenvalue weighted by molar-refractivity contribution is 5.75. The molecule has 19 heavy (non-hydrogen) atoms. The predicted octanol–water partition coefficient (Wildman–Crippen LogP) is 2.77. The highest BCUT2D eigenvalue weighted by Gasteiger charge is 2.18. The minimum atomic E-state index is 0.638. The van der Waals surface area contributed by atoms with Crippen LogP contribution in [0.3, 0.4) is 0 Å². The largest absolute Gasteiger partial charge is 0.352 e. The molecule has 1 aliphatic rings. The van der Waals surface area contributed by atoms with E-state index in [0.29, 0.717) is 5.56 Å². The number of fused-ring (bicyclic) bond motifs is 1. The van der Waals surface area contributed by atoms with E-state index in [1.807, 2.05) is 13.0 Å². The van der Waals surface area contributed by atoms with Crippen LogP contribution in [0, 0.1) is 6.92 Å². The number of pyridine rings is 1. The topological polar surface area (TPSA) is 33.2 Å². The third-order valence-corrected chi connectivity index (χ3v) is 3.64. The van der Waals surface area contributed by atoms with Crippen molar-refractivity contribution in [2.45, 2.75) is 19.9 Å². The number of hydrogen-bond acceptors (Lipinski definition) is 3. The molecule has 0 amide bonds. The van der Waals surface area contributed by atoms with E-state index >= 15 is 0 Å². The van der Waals surface area contributed by atoms with Crippen LogP contribution >= 0.6 is 0 Å². The van der Waals surface area contributed by atoms with Crippen molar-refractivity contribution in [2.24, 2.45) is 0 Å². The molecule has 3 rings (SSSR count). The zero-order valence-electron chi connectivity index (χ0n) is 11.0. The van der Waals surface area contributed by atoms with Crippen molar-refractivity contribution in [3.63, 3.8) is 0 Å². The number of aromatic nitrogens is 1. The average molecular weight is 252 g/mol. The molecule has 0 N–H and O–H groups in total. The lowest BCUT2D eigenvalue weighted by molar-refractivity contribution is 0.112. The van der Waals surface area contributed by atoms with Gasteiger partial charge in [-0.15, -0.1) is 0 Å². The van der Waals surface area contributed by atoms with Gasteiger partial charge in [-0.2, -0.15) is 0 Å². The van der Waals surface area contributed by atoms with Crippen molar-refractivity contribution in [3.05, 3.63) is 58.8 Å². The molecule has 1 aromatic carbocycles. The van der Waals surface area contributed by atoms with Crippen LogP contribution in [0.2, 0.25) is 0 Å². The maximum atomic E-state index is 10.8. The number of aldehydes is 1. The Hall–Kier alpha value is -2.16. The van der Waals surface area contributed by atoms with E-state index in [1.165, 1.54) is 11.1 Å². The molecule has 3 heteroatoms. The van der Waals surface area contributed by atoms with Gasteiger partial charge in [-0.1, -0.05) is 24.3 Å². The van der Waals surface area contributed by atoms with Crippen molar-refractivity contribution in [2.75, 3.05) is 11.4 Å². The van der Waals surface area contributed by atoms with Gasteiger partial charge in [0.25, 0.3) is 0 Å². The van der Waals surface area contributed by atoms with Crippen molar-refractivity contribution in [3.8, 4) is 0 Å². The van der Waals surface area contributed by atoms with E-state index in [9.17, 15) is 4.79 Å². The van der Waals surface area contributed by atoms with Crippen LogP contribution in [0.25, 0.3) is 0 Å². The highest BCUT2D eigenvalue weighted by atomic mass is 16.1. The molecule has 0 aliphatic carbocycles. The standard InChI is InChI=1S/C16H16N2O/c1-12-8-13(11-19)9-17-16(12)18-7-6-14-4-2-3-5-15(14)10-18/h2-5,8-9,11H,6-7,10H2,1H3. The molecule has 0 atom stereocenters. The zero-order valence-corrected chi connectivity index (χ0v) is 11.0. The summed E-state index contributed by atoms with van der Waals surface area (Å²) in [6.07, 6.45) is 3.54. The molecule has 0 bridgehead atoms. The Morgan fingerprint density at radius 3 is 2.79 bits per heavy atom. The molecule has 3 nitrogen and oxygen atoms in total. The maximum absolute atomic E-state index is 10.8. The second-order valence-corrected chi connectivity index (χ2v) is 4.97. The van der Waals surface area contributed by atoms with Crippen LogP contribution in [-0.4, -0.2) is 17.8 Å². The number of carbonyl (C=O) groups excluding carboxylic acids is 1. The molecule has 0 fully saturated rings. The summed E-state index contributed by atoms with van der Waals surface area (Å²) in [7, 11) is 0. The summed E-state index contributed by atoms with van der Waals surface area (Å²) in [6.45, 7) is 3.88. The third kappa shape index (κ3) is 2.24. The monoisotopic (exact) mass is 252 g/mol. The molecule has 0 spiro atoms. The predicted molar refractivity (Wildman–Crippen MR) is 75.6 cm³/mol. The van der Waals surface area contributed by atoms with Gasteiger partial charge in [-0.3, -0.25) is 4.79 Å². The molecular formula is C16H16N2O. The summed E-state index contributed by atoms with van der Waals surface area (Å²) in [6, 6.07) is 10.4. The van der Waals surface area contributed by atoms with Gasteiger partial charge in [0, 0.05) is 24.8 Å². The summed E-state index contributed by atoms with van der Waals surface area (Å²) in [5.41, 5.74) is 4.50. The van der Waals surface area contributed by atoms with Gasteiger partial charge >= 0.3 is 0 Å². The van der Waals surface area contributed by atoms with Crippen molar-refractivity contribution >= 4 is 12.1 Å². The van der Waals surface area contributed by atoms with Crippen molar-refractivity contribution in [1.82, 2.24) is 4.98 Å². The van der Waals surface area contributed by atoms with E-state index in [1.54, 1.807) is 6.20 Å². The second kappa shape index (κ2) is 4.84. The molecule has 0 unspecified atom stereocenters. The van der Waals surface area contributed by atoms with Crippen molar-refractivity contribution in [1.29, 1.82) is 0 Å². The number of nitrogens with zero attached hydrogens (tertiary/aromatic N) is 2. The van der Waals surface area contributed by atoms with Gasteiger partial charge in [0.1, 0.15) is 5.82 Å². The molecule has 96 valence electrons. The first-order valence-corrected chi connectivity index (χ1v) is 6.51. The minimum absolute atomic E-state index is 0.638. The van der Waals surface area contributed by atoms with Gasteiger partial charge in [0.15, 0.2) is 6.29 Å². The number of anilines is 1. The van der Waals surface area contributed by atoms with E-state index in [2.05, 4.69) is 34.1 Å². The van der Waals surface area contributed by atoms with E-state index in [0.717, 1.165) is 37.2 Å². The van der Waals surface area contributed by atoms with Crippen LogP contribution < -0.4 is 4.90 Å². The summed E-state index contributed by atoms with van der Waals surface area (Å²) in [5.74, 6) is 0.986. The lowest BCUT2D eigenvalue weighted by atomic mass is 9.99. The third-order valence-electron chi connectivity index (χ3n) is 3.64. The summed E-state index contributed by atoms with van der Waals surface area (Å²) < 4.78 is 0. The van der Waals surface area contributed by atoms with Crippen LogP contribution in [0.1, 0.15) is 27.0 Å². The number of rotatable bonds is 2. The summed E-state index contributed by atoms with van der Waals surface area (Å²) in [4.78, 5) is 17.5. The molecule has 0 saturated heterocycles. The average Bonchev–Trinajstić information content (AvgIpc) is 2.46. The molecule has 1 aliphatic heterocycles. The first-order chi connectivity index (χ1) is 9.28. The quantitative estimate of drug-likeness (QED) is 0.771. The Labute approximate surface area is 112 Å². The smallest absolute Gasteiger partial charge is 0.151 e. The SMILES string of the molecule is Cc1cc(C=O)cnc1N1CCc2ccccc2C1. The second-order valence-electron chi connectivity index (χ2n) is 4.97. The lowest BCUT2D eigenvalue weighted by Gasteiger charge is -2.30. The first-order valence-electron chi connectivity index (χ1n) is 6.51. The number of hydrogen-bond donors (Lipinski definition) is 0. The van der Waals surface area contributed by atoms with Crippen molar-refractivity contribution < 1.29 is 4.79 Å². The molecule has 2 heterocycles. The number of aryl methyl sites for hydroxylation is 1. The highest BCUT2D eigenvalue weighted by Crippen LogP contribution is 2.25. The number of carbonyl (C=O) groups is 1. The van der Waals surface area contributed by atoms with E-state index in [4.69, 9.17) is 0 Å². The lowest BCUT2D eigenvalue weighted by Crippen LogP contribution is -2.31. The molecular weight excluding hydrogens is 236 g/mol. The number of benzene rings is 1. The van der Waals surface area contributed by atoms with Crippen LogP contribution in [0.5, 0.6) is 0 Å². The summed E-state index contributed by atoms with van der Waals surface area (Å²) >= 11 is 0. The fraction of sp³-hybridized carbons (Fsp3) is 0.250. The van der Waals surface area contributed by atoms with E-state index < -0.39 is 0 Å². The fourth-order valence-corrected chi connectivity index (χ4v) is 2.66. The molecule has 0 saturated carbocycles. The fourth-order valence-electron chi connectivity index (χ4n) is 2.66. The minimum Gasteiger partial charge on any atom is -0.352 e. The van der Waals surface area contributed by atoms with E-state index in [-0.39, 0.29) is 0 Å². The zero-order chi connectivity index (χ0) is 13.2. The van der Waals surface area contributed by atoms with Crippen LogP contribution in [-0.2, 0) is 13.0 Å².